The largest absolute Gasteiger partial charge is 0.497 e. The molecule has 0 atom stereocenters. The molecule has 0 aliphatic carbocycles. The fourth-order valence-corrected chi connectivity index (χ4v) is 3.04. The Kier molecular flexibility index (Phi) is 5.93. The summed E-state index contributed by atoms with van der Waals surface area (Å²) in [6, 6.07) is 16.4. The number of aromatic amines is 1. The molecule has 156 valence electrons. The Hall–Kier alpha value is -4.13. The molecule has 0 bridgehead atoms. The molecule has 0 saturated heterocycles. The zero-order chi connectivity index (χ0) is 21.6. The van der Waals surface area contributed by atoms with Crippen molar-refractivity contribution < 1.29 is 14.3 Å². The van der Waals surface area contributed by atoms with E-state index in [4.69, 9.17) is 9.47 Å². The topological polar surface area (TPSA) is 89.1 Å². The van der Waals surface area contributed by atoms with E-state index < -0.39 is 0 Å². The smallest absolute Gasteiger partial charge is 0.255 e. The van der Waals surface area contributed by atoms with E-state index in [-0.39, 0.29) is 5.91 Å². The van der Waals surface area contributed by atoms with Gasteiger partial charge in [-0.05, 0) is 48.9 Å². The third-order valence-electron chi connectivity index (χ3n) is 4.78. The Labute approximate surface area is 180 Å². The van der Waals surface area contributed by atoms with Crippen molar-refractivity contribution in [3.8, 4) is 22.9 Å². The summed E-state index contributed by atoms with van der Waals surface area (Å²) in [4.78, 5) is 24.3. The van der Waals surface area contributed by atoms with Crippen molar-refractivity contribution in [2.45, 2.75) is 13.5 Å². The maximum Gasteiger partial charge on any atom is 0.255 e. The van der Waals surface area contributed by atoms with Crippen molar-refractivity contribution >= 4 is 11.6 Å². The summed E-state index contributed by atoms with van der Waals surface area (Å²) in [6.45, 7) is 2.26. The maximum absolute atomic E-state index is 12.7. The number of carbonyl (C=O) groups is 1. The van der Waals surface area contributed by atoms with Gasteiger partial charge in [0, 0.05) is 41.5 Å². The van der Waals surface area contributed by atoms with Crippen LogP contribution in [-0.4, -0.2) is 28.0 Å². The lowest BCUT2D eigenvalue weighted by Gasteiger charge is -2.11. The van der Waals surface area contributed by atoms with Crippen LogP contribution in [0.2, 0.25) is 0 Å². The average molecular weight is 414 g/mol. The molecular weight excluding hydrogens is 392 g/mol. The van der Waals surface area contributed by atoms with Gasteiger partial charge in [-0.3, -0.25) is 9.78 Å². The molecule has 2 aromatic carbocycles. The van der Waals surface area contributed by atoms with Gasteiger partial charge in [-0.2, -0.15) is 0 Å². The maximum atomic E-state index is 12.7. The van der Waals surface area contributed by atoms with Crippen molar-refractivity contribution in [3.05, 3.63) is 90.0 Å². The van der Waals surface area contributed by atoms with E-state index in [2.05, 4.69) is 20.3 Å². The first-order valence-corrected chi connectivity index (χ1v) is 9.76. The number of benzene rings is 2. The number of nitrogens with zero attached hydrogens (tertiary/aromatic N) is 2. The van der Waals surface area contributed by atoms with Crippen LogP contribution in [0.15, 0.2) is 73.2 Å². The number of imidazole rings is 1. The second-order valence-corrected chi connectivity index (χ2v) is 6.92. The molecule has 2 N–H and O–H groups in total. The molecule has 7 heteroatoms. The summed E-state index contributed by atoms with van der Waals surface area (Å²) >= 11 is 0. The van der Waals surface area contributed by atoms with Crippen LogP contribution >= 0.6 is 0 Å². The molecule has 0 radical (unpaired) electrons. The second-order valence-electron chi connectivity index (χ2n) is 6.92. The molecule has 4 aromatic rings. The molecule has 0 aliphatic rings. The number of ether oxygens (including phenoxy) is 2. The highest BCUT2D eigenvalue weighted by Crippen LogP contribution is 2.24. The molecule has 0 spiro atoms. The van der Waals surface area contributed by atoms with Crippen LogP contribution in [0, 0.1) is 6.92 Å². The van der Waals surface area contributed by atoms with E-state index in [1.54, 1.807) is 56.0 Å². The van der Waals surface area contributed by atoms with Crippen molar-refractivity contribution in [3.63, 3.8) is 0 Å². The summed E-state index contributed by atoms with van der Waals surface area (Å²) in [6.07, 6.45) is 5.14. The highest BCUT2D eigenvalue weighted by molar-refractivity contribution is 6.05. The van der Waals surface area contributed by atoms with Crippen molar-refractivity contribution in [2.24, 2.45) is 0 Å². The molecule has 31 heavy (non-hydrogen) atoms. The van der Waals surface area contributed by atoms with Crippen molar-refractivity contribution in [1.82, 2.24) is 15.0 Å². The molecule has 7 nitrogen and oxygen atoms in total. The fraction of sp³-hybridized carbons (Fsp3) is 0.125. The average Bonchev–Trinajstić information content (AvgIpc) is 3.34. The van der Waals surface area contributed by atoms with Gasteiger partial charge in [-0.15, -0.1) is 0 Å². The Bertz CT molecular complexity index is 1170. The minimum absolute atomic E-state index is 0.194. The van der Waals surface area contributed by atoms with E-state index >= 15 is 0 Å². The van der Waals surface area contributed by atoms with Crippen LogP contribution in [0.3, 0.4) is 0 Å². The van der Waals surface area contributed by atoms with Gasteiger partial charge in [0.05, 0.1) is 12.8 Å². The van der Waals surface area contributed by atoms with Crippen LogP contribution in [-0.2, 0) is 6.61 Å². The summed E-state index contributed by atoms with van der Waals surface area (Å²) in [5.41, 5.74) is 3.90. The number of amides is 1. The Morgan fingerprint density at radius 1 is 1.00 bits per heavy atom. The third kappa shape index (κ3) is 4.90. The summed E-state index contributed by atoms with van der Waals surface area (Å²) in [5, 5.41) is 2.97. The van der Waals surface area contributed by atoms with E-state index in [9.17, 15) is 4.79 Å². The minimum atomic E-state index is -0.194. The molecule has 0 fully saturated rings. The number of aromatic nitrogens is 3. The molecule has 0 aliphatic heterocycles. The first kappa shape index (κ1) is 20.2. The number of H-pyrrole nitrogens is 1. The van der Waals surface area contributed by atoms with Crippen LogP contribution < -0.4 is 14.8 Å². The molecule has 2 heterocycles. The first-order valence-electron chi connectivity index (χ1n) is 9.76. The Morgan fingerprint density at radius 2 is 1.84 bits per heavy atom. The first-order chi connectivity index (χ1) is 15.1. The molecule has 1 amide bonds. The molecular formula is C24H22N4O3. The summed E-state index contributed by atoms with van der Waals surface area (Å²) in [7, 11) is 1.61. The van der Waals surface area contributed by atoms with Crippen LogP contribution in [0.25, 0.3) is 11.4 Å². The van der Waals surface area contributed by atoms with Gasteiger partial charge < -0.3 is 19.8 Å². The lowest BCUT2D eigenvalue weighted by Crippen LogP contribution is -2.12. The van der Waals surface area contributed by atoms with Gasteiger partial charge in [0.25, 0.3) is 5.91 Å². The number of carbonyl (C=O) groups excluding carboxylic acids is 1. The number of rotatable bonds is 7. The Balaban J connectivity index is 1.41. The highest BCUT2D eigenvalue weighted by atomic mass is 16.5. The predicted molar refractivity (Wildman–Crippen MR) is 118 cm³/mol. The van der Waals surface area contributed by atoms with Crippen LogP contribution in [0.5, 0.6) is 11.5 Å². The van der Waals surface area contributed by atoms with E-state index in [0.717, 1.165) is 34.1 Å². The van der Waals surface area contributed by atoms with E-state index in [1.165, 1.54) is 0 Å². The van der Waals surface area contributed by atoms with Gasteiger partial charge >= 0.3 is 0 Å². The molecule has 0 saturated carbocycles. The minimum Gasteiger partial charge on any atom is -0.497 e. The van der Waals surface area contributed by atoms with E-state index in [1.807, 2.05) is 31.2 Å². The van der Waals surface area contributed by atoms with Crippen molar-refractivity contribution in [1.29, 1.82) is 0 Å². The summed E-state index contributed by atoms with van der Waals surface area (Å²) in [5.74, 6) is 1.94. The van der Waals surface area contributed by atoms with Crippen LogP contribution in [0.1, 0.15) is 21.6 Å². The number of hydrogen-bond acceptors (Lipinski definition) is 5. The third-order valence-corrected chi connectivity index (χ3v) is 4.78. The van der Waals surface area contributed by atoms with E-state index in [0.29, 0.717) is 17.9 Å². The van der Waals surface area contributed by atoms with Crippen molar-refractivity contribution in [2.75, 3.05) is 12.4 Å². The van der Waals surface area contributed by atoms with Gasteiger partial charge in [0.1, 0.15) is 23.9 Å². The standard InChI is InChI=1S/C24H22N4O3/c1-16-3-4-18(23-26-11-12-27-23)13-22(16)28-24(29)17-5-7-20(8-6-17)31-15-19-14-21(30-2)9-10-25-19/h3-14H,15H2,1-2H3,(H,26,27)(H,28,29). The Morgan fingerprint density at radius 3 is 2.58 bits per heavy atom. The lowest BCUT2D eigenvalue weighted by molar-refractivity contribution is 0.102. The number of anilines is 1. The van der Waals surface area contributed by atoms with Gasteiger partial charge in [0.2, 0.25) is 0 Å². The number of hydrogen-bond donors (Lipinski definition) is 2. The fourth-order valence-electron chi connectivity index (χ4n) is 3.04. The number of nitrogens with one attached hydrogen (secondary N) is 2. The quantitative estimate of drug-likeness (QED) is 0.461. The van der Waals surface area contributed by atoms with Crippen LogP contribution in [0.4, 0.5) is 5.69 Å². The van der Waals surface area contributed by atoms with Gasteiger partial charge in [-0.25, -0.2) is 4.98 Å². The number of methoxy groups -OCH3 is 1. The van der Waals surface area contributed by atoms with Gasteiger partial charge in [0.15, 0.2) is 0 Å². The lowest BCUT2D eigenvalue weighted by atomic mass is 10.1. The molecule has 0 unspecified atom stereocenters. The second kappa shape index (κ2) is 9.13. The molecule has 4 rings (SSSR count). The SMILES string of the molecule is COc1ccnc(COc2ccc(C(=O)Nc3cc(-c4ncc[nH]4)ccc3C)cc2)c1. The molecule has 2 aromatic heterocycles. The monoisotopic (exact) mass is 414 g/mol. The predicted octanol–water partition coefficient (Wildman–Crippen LogP) is 4.62. The summed E-state index contributed by atoms with van der Waals surface area (Å²) < 4.78 is 10.9. The normalized spacial score (nSPS) is 10.5. The zero-order valence-corrected chi connectivity index (χ0v) is 17.3. The zero-order valence-electron chi connectivity index (χ0n) is 17.3. The highest BCUT2D eigenvalue weighted by Gasteiger charge is 2.10. The number of pyridine rings is 1. The van der Waals surface area contributed by atoms with Gasteiger partial charge in [-0.1, -0.05) is 12.1 Å². The number of aryl methyl sites for hydroxylation is 1.